The van der Waals surface area contributed by atoms with Crippen molar-refractivity contribution in [3.8, 4) is 0 Å². The van der Waals surface area contributed by atoms with E-state index in [-0.39, 0.29) is 0 Å². The summed E-state index contributed by atoms with van der Waals surface area (Å²) in [4.78, 5) is 12.9. The molecule has 0 spiro atoms. The molecule has 0 aliphatic carbocycles. The van der Waals surface area contributed by atoms with Crippen LogP contribution in [0.1, 0.15) is 30.9 Å². The molecule has 1 N–H and O–H groups in total. The van der Waals surface area contributed by atoms with Crippen molar-refractivity contribution in [2.24, 2.45) is 5.92 Å². The first-order chi connectivity index (χ1) is 9.13. The Hall–Kier alpha value is -1.61. The molecule has 1 fully saturated rings. The Labute approximate surface area is 114 Å². The standard InChI is InChI=1S/C16H21NO2/c1-13-3-2-10-17(11-13)12-15-6-4-14(5-7-15)8-9-16(18)19/h4-9,13H,2-3,10-12H2,1H3,(H,18,19)/b9-8+. The summed E-state index contributed by atoms with van der Waals surface area (Å²) < 4.78 is 0. The fourth-order valence-corrected chi connectivity index (χ4v) is 2.59. The minimum atomic E-state index is -0.911. The van der Waals surface area contributed by atoms with Crippen LogP contribution in [0.25, 0.3) is 6.08 Å². The Balaban J connectivity index is 1.93. The summed E-state index contributed by atoms with van der Waals surface area (Å²) in [5, 5.41) is 8.58. The number of rotatable bonds is 4. The lowest BCUT2D eigenvalue weighted by atomic mass is 9.99. The van der Waals surface area contributed by atoms with E-state index in [0.717, 1.165) is 18.0 Å². The lowest BCUT2D eigenvalue weighted by Crippen LogP contribution is -2.33. The van der Waals surface area contributed by atoms with Crippen molar-refractivity contribution >= 4 is 12.0 Å². The van der Waals surface area contributed by atoms with Crippen LogP contribution in [-0.2, 0) is 11.3 Å². The van der Waals surface area contributed by atoms with Crippen molar-refractivity contribution in [3.63, 3.8) is 0 Å². The number of aliphatic carboxylic acids is 1. The van der Waals surface area contributed by atoms with Crippen LogP contribution < -0.4 is 0 Å². The van der Waals surface area contributed by atoms with Crippen LogP contribution in [0.15, 0.2) is 30.3 Å². The molecule has 102 valence electrons. The summed E-state index contributed by atoms with van der Waals surface area (Å²) in [6, 6.07) is 8.12. The number of carboxylic acids is 1. The number of carbonyl (C=O) groups is 1. The smallest absolute Gasteiger partial charge is 0.328 e. The first kappa shape index (κ1) is 13.8. The van der Waals surface area contributed by atoms with Gasteiger partial charge in [-0.2, -0.15) is 0 Å². The minimum Gasteiger partial charge on any atom is -0.478 e. The van der Waals surface area contributed by atoms with Crippen LogP contribution >= 0.6 is 0 Å². The van der Waals surface area contributed by atoms with E-state index in [1.807, 2.05) is 12.1 Å². The highest BCUT2D eigenvalue weighted by Crippen LogP contribution is 2.18. The zero-order valence-corrected chi connectivity index (χ0v) is 11.4. The molecule has 1 atom stereocenters. The molecular formula is C16H21NO2. The summed E-state index contributed by atoms with van der Waals surface area (Å²) in [5.41, 5.74) is 2.22. The molecular weight excluding hydrogens is 238 g/mol. The van der Waals surface area contributed by atoms with Gasteiger partial charge < -0.3 is 5.11 Å². The highest BCUT2D eigenvalue weighted by molar-refractivity contribution is 5.85. The SMILES string of the molecule is CC1CCCN(Cc2ccc(/C=C/C(=O)O)cc2)C1. The highest BCUT2D eigenvalue weighted by Gasteiger charge is 2.15. The third-order valence-corrected chi connectivity index (χ3v) is 3.55. The molecule has 19 heavy (non-hydrogen) atoms. The summed E-state index contributed by atoms with van der Waals surface area (Å²) >= 11 is 0. The Bertz CT molecular complexity index is 450. The van der Waals surface area contributed by atoms with Crippen LogP contribution in [0.2, 0.25) is 0 Å². The van der Waals surface area contributed by atoms with Gasteiger partial charge in [-0.25, -0.2) is 4.79 Å². The van der Waals surface area contributed by atoms with E-state index in [1.165, 1.54) is 37.6 Å². The molecule has 2 rings (SSSR count). The van der Waals surface area contributed by atoms with Gasteiger partial charge in [0.1, 0.15) is 0 Å². The average molecular weight is 259 g/mol. The number of carboxylic acid groups (broad SMARTS) is 1. The largest absolute Gasteiger partial charge is 0.478 e. The maximum Gasteiger partial charge on any atom is 0.328 e. The average Bonchev–Trinajstić information content (AvgIpc) is 2.38. The van der Waals surface area contributed by atoms with Crippen LogP contribution in [0.5, 0.6) is 0 Å². The van der Waals surface area contributed by atoms with E-state index in [0.29, 0.717) is 0 Å². The number of hydrogen-bond acceptors (Lipinski definition) is 2. The van der Waals surface area contributed by atoms with Crippen molar-refractivity contribution in [2.75, 3.05) is 13.1 Å². The van der Waals surface area contributed by atoms with Crippen molar-refractivity contribution in [2.45, 2.75) is 26.3 Å². The maximum atomic E-state index is 10.4. The highest BCUT2D eigenvalue weighted by atomic mass is 16.4. The van der Waals surface area contributed by atoms with E-state index in [9.17, 15) is 4.79 Å². The second-order valence-corrected chi connectivity index (χ2v) is 5.40. The van der Waals surface area contributed by atoms with Crippen molar-refractivity contribution in [1.29, 1.82) is 0 Å². The van der Waals surface area contributed by atoms with E-state index >= 15 is 0 Å². The monoisotopic (exact) mass is 259 g/mol. The molecule has 1 aliphatic rings. The topological polar surface area (TPSA) is 40.5 Å². The zero-order valence-electron chi connectivity index (χ0n) is 11.4. The summed E-state index contributed by atoms with van der Waals surface area (Å²) in [7, 11) is 0. The molecule has 1 aromatic carbocycles. The zero-order chi connectivity index (χ0) is 13.7. The first-order valence-electron chi connectivity index (χ1n) is 6.86. The van der Waals surface area contributed by atoms with Gasteiger partial charge in [0.15, 0.2) is 0 Å². The Morgan fingerprint density at radius 2 is 2.16 bits per heavy atom. The summed E-state index contributed by atoms with van der Waals surface area (Å²) in [6.07, 6.45) is 5.42. The van der Waals surface area contributed by atoms with Crippen LogP contribution in [-0.4, -0.2) is 29.1 Å². The predicted octanol–water partition coefficient (Wildman–Crippen LogP) is 3.02. The Morgan fingerprint density at radius 3 is 2.79 bits per heavy atom. The lowest BCUT2D eigenvalue weighted by molar-refractivity contribution is -0.131. The van der Waals surface area contributed by atoms with E-state index < -0.39 is 5.97 Å². The van der Waals surface area contributed by atoms with Crippen molar-refractivity contribution < 1.29 is 9.90 Å². The quantitative estimate of drug-likeness (QED) is 0.845. The fraction of sp³-hybridized carbons (Fsp3) is 0.438. The second kappa shape index (κ2) is 6.53. The van der Waals surface area contributed by atoms with E-state index in [1.54, 1.807) is 6.08 Å². The van der Waals surface area contributed by atoms with Gasteiger partial charge in [0.25, 0.3) is 0 Å². The summed E-state index contributed by atoms with van der Waals surface area (Å²) in [6.45, 7) is 5.67. The summed E-state index contributed by atoms with van der Waals surface area (Å²) in [5.74, 6) is -0.113. The molecule has 0 bridgehead atoms. The normalized spacial score (nSPS) is 20.8. The van der Waals surface area contributed by atoms with Gasteiger partial charge >= 0.3 is 5.97 Å². The van der Waals surface area contributed by atoms with Crippen LogP contribution in [0.4, 0.5) is 0 Å². The van der Waals surface area contributed by atoms with Gasteiger partial charge in [-0.15, -0.1) is 0 Å². The van der Waals surface area contributed by atoms with Gasteiger partial charge in [0, 0.05) is 19.2 Å². The third kappa shape index (κ3) is 4.52. The maximum absolute atomic E-state index is 10.4. The van der Waals surface area contributed by atoms with Crippen molar-refractivity contribution in [1.82, 2.24) is 4.90 Å². The molecule has 1 aromatic rings. The fourth-order valence-electron chi connectivity index (χ4n) is 2.59. The van der Waals surface area contributed by atoms with Gasteiger partial charge in [0.05, 0.1) is 0 Å². The number of piperidine rings is 1. The third-order valence-electron chi connectivity index (χ3n) is 3.55. The van der Waals surface area contributed by atoms with E-state index in [2.05, 4.69) is 24.0 Å². The number of benzene rings is 1. The Morgan fingerprint density at radius 1 is 1.42 bits per heavy atom. The second-order valence-electron chi connectivity index (χ2n) is 5.40. The van der Waals surface area contributed by atoms with E-state index in [4.69, 9.17) is 5.11 Å². The van der Waals surface area contributed by atoms with Crippen molar-refractivity contribution in [3.05, 3.63) is 41.5 Å². The van der Waals surface area contributed by atoms with Gasteiger partial charge in [0.2, 0.25) is 0 Å². The molecule has 1 unspecified atom stereocenters. The minimum absolute atomic E-state index is 0.798. The molecule has 3 nitrogen and oxygen atoms in total. The van der Waals surface area contributed by atoms with Gasteiger partial charge in [-0.1, -0.05) is 31.2 Å². The molecule has 1 saturated heterocycles. The van der Waals surface area contributed by atoms with Crippen LogP contribution in [0, 0.1) is 5.92 Å². The van der Waals surface area contributed by atoms with Crippen LogP contribution in [0.3, 0.4) is 0 Å². The molecule has 1 heterocycles. The molecule has 0 aromatic heterocycles. The molecule has 0 saturated carbocycles. The number of hydrogen-bond donors (Lipinski definition) is 1. The van der Waals surface area contributed by atoms with Gasteiger partial charge in [-0.3, -0.25) is 4.90 Å². The lowest BCUT2D eigenvalue weighted by Gasteiger charge is -2.30. The Kier molecular flexibility index (Phi) is 4.74. The molecule has 0 radical (unpaired) electrons. The number of nitrogens with zero attached hydrogens (tertiary/aromatic N) is 1. The number of likely N-dealkylation sites (tertiary alicyclic amines) is 1. The molecule has 3 heteroatoms. The first-order valence-corrected chi connectivity index (χ1v) is 6.86. The molecule has 0 amide bonds. The van der Waals surface area contributed by atoms with Gasteiger partial charge in [-0.05, 0) is 42.5 Å². The predicted molar refractivity (Wildman–Crippen MR) is 76.8 cm³/mol. The molecule has 1 aliphatic heterocycles.